The van der Waals surface area contributed by atoms with Gasteiger partial charge in [-0.15, -0.1) is 0 Å². The van der Waals surface area contributed by atoms with E-state index in [9.17, 15) is 14.9 Å². The fourth-order valence-electron chi connectivity index (χ4n) is 2.27. The van der Waals surface area contributed by atoms with Gasteiger partial charge in [0.2, 0.25) is 0 Å². The van der Waals surface area contributed by atoms with Crippen LogP contribution < -0.4 is 5.32 Å². The summed E-state index contributed by atoms with van der Waals surface area (Å²) < 4.78 is 10.9. The molecule has 8 heteroatoms. The van der Waals surface area contributed by atoms with Crippen molar-refractivity contribution >= 4 is 28.9 Å². The molecule has 0 unspecified atom stereocenters. The predicted octanol–water partition coefficient (Wildman–Crippen LogP) is 3.08. The number of carbonyl (C=O) groups is 1. The summed E-state index contributed by atoms with van der Waals surface area (Å²) in [7, 11) is 0. The molecule has 0 aromatic heterocycles. The zero-order chi connectivity index (χ0) is 17.0. The Bertz CT molecular complexity index is 602. The molecule has 23 heavy (non-hydrogen) atoms. The molecule has 1 N–H and O–H groups in total. The van der Waals surface area contributed by atoms with Gasteiger partial charge in [0, 0.05) is 12.7 Å². The summed E-state index contributed by atoms with van der Waals surface area (Å²) >= 11 is 5.83. The van der Waals surface area contributed by atoms with Gasteiger partial charge in [0.25, 0.3) is 11.6 Å². The van der Waals surface area contributed by atoms with E-state index in [4.69, 9.17) is 21.1 Å². The average molecular weight is 343 g/mol. The van der Waals surface area contributed by atoms with Crippen molar-refractivity contribution in [2.75, 3.05) is 18.5 Å². The first-order chi connectivity index (χ1) is 10.9. The van der Waals surface area contributed by atoms with E-state index in [0.29, 0.717) is 17.9 Å². The van der Waals surface area contributed by atoms with E-state index in [-0.39, 0.29) is 22.7 Å². The standard InChI is InChI=1S/C15H19ClN2O5/c1-9-6-12(16)14(18(20)21)7-13(9)17-15(19)10(2)23-8-11-4-3-5-22-11/h6-7,10-11H,3-5,8H2,1-2H3,(H,17,19)/t10-,11-/m1/s1. The van der Waals surface area contributed by atoms with E-state index in [1.165, 1.54) is 12.1 Å². The summed E-state index contributed by atoms with van der Waals surface area (Å²) in [4.78, 5) is 22.5. The molecule has 7 nitrogen and oxygen atoms in total. The maximum atomic E-state index is 12.2. The Morgan fingerprint density at radius 2 is 2.35 bits per heavy atom. The molecule has 2 atom stereocenters. The number of nitrogens with zero attached hydrogens (tertiary/aromatic N) is 1. The van der Waals surface area contributed by atoms with E-state index in [2.05, 4.69) is 5.32 Å². The second-order valence-corrected chi connectivity index (χ2v) is 5.88. The lowest BCUT2D eigenvalue weighted by Gasteiger charge is -2.17. The summed E-state index contributed by atoms with van der Waals surface area (Å²) in [6, 6.07) is 2.70. The molecular weight excluding hydrogens is 324 g/mol. The molecule has 0 saturated carbocycles. The van der Waals surface area contributed by atoms with Crippen LogP contribution in [-0.4, -0.2) is 36.3 Å². The zero-order valence-electron chi connectivity index (χ0n) is 13.0. The second kappa shape index (κ2) is 7.72. The molecule has 1 aliphatic heterocycles. The number of ether oxygens (including phenoxy) is 2. The fraction of sp³-hybridized carbons (Fsp3) is 0.533. The number of nitro benzene ring substituents is 1. The molecule has 0 radical (unpaired) electrons. The highest BCUT2D eigenvalue weighted by atomic mass is 35.5. The first-order valence-electron chi connectivity index (χ1n) is 7.37. The van der Waals surface area contributed by atoms with Gasteiger partial charge in [-0.1, -0.05) is 11.6 Å². The molecule has 1 aromatic carbocycles. The van der Waals surface area contributed by atoms with Crippen LogP contribution in [0.5, 0.6) is 0 Å². The van der Waals surface area contributed by atoms with Crippen molar-refractivity contribution in [3.63, 3.8) is 0 Å². The van der Waals surface area contributed by atoms with Crippen molar-refractivity contribution in [1.29, 1.82) is 0 Å². The fourth-order valence-corrected chi connectivity index (χ4v) is 2.56. The Morgan fingerprint density at radius 3 is 2.96 bits per heavy atom. The van der Waals surface area contributed by atoms with Crippen LogP contribution >= 0.6 is 11.6 Å². The Kier molecular flexibility index (Phi) is 5.92. The van der Waals surface area contributed by atoms with Crippen molar-refractivity contribution in [2.24, 2.45) is 0 Å². The quantitative estimate of drug-likeness (QED) is 0.633. The highest BCUT2D eigenvalue weighted by molar-refractivity contribution is 6.32. The number of nitrogens with one attached hydrogen (secondary N) is 1. The lowest BCUT2D eigenvalue weighted by Crippen LogP contribution is -2.30. The topological polar surface area (TPSA) is 90.7 Å². The van der Waals surface area contributed by atoms with Gasteiger partial charge in [0.1, 0.15) is 11.1 Å². The van der Waals surface area contributed by atoms with Crippen LogP contribution in [0.2, 0.25) is 5.02 Å². The highest BCUT2D eigenvalue weighted by Crippen LogP contribution is 2.30. The Balaban J connectivity index is 1.98. The van der Waals surface area contributed by atoms with Crippen molar-refractivity contribution < 1.29 is 19.2 Å². The summed E-state index contributed by atoms with van der Waals surface area (Å²) in [5.74, 6) is -0.372. The third kappa shape index (κ3) is 4.63. The van der Waals surface area contributed by atoms with Crippen LogP contribution in [0.15, 0.2) is 12.1 Å². The molecule has 0 spiro atoms. The number of carbonyl (C=O) groups excluding carboxylic acids is 1. The van der Waals surface area contributed by atoms with Gasteiger partial charge >= 0.3 is 0 Å². The van der Waals surface area contributed by atoms with Gasteiger partial charge in [-0.3, -0.25) is 14.9 Å². The Morgan fingerprint density at radius 1 is 1.61 bits per heavy atom. The van der Waals surface area contributed by atoms with Gasteiger partial charge in [-0.2, -0.15) is 0 Å². The van der Waals surface area contributed by atoms with Crippen molar-refractivity contribution in [3.8, 4) is 0 Å². The lowest BCUT2D eigenvalue weighted by molar-refractivity contribution is -0.384. The first-order valence-corrected chi connectivity index (χ1v) is 7.75. The minimum Gasteiger partial charge on any atom is -0.376 e. The molecule has 2 rings (SSSR count). The minimum absolute atomic E-state index is 0.0311. The normalized spacial score (nSPS) is 18.7. The summed E-state index contributed by atoms with van der Waals surface area (Å²) in [6.07, 6.45) is 1.27. The van der Waals surface area contributed by atoms with Crippen LogP contribution in [0.25, 0.3) is 0 Å². The highest BCUT2D eigenvalue weighted by Gasteiger charge is 2.22. The molecule has 1 fully saturated rings. The van der Waals surface area contributed by atoms with Crippen LogP contribution in [0, 0.1) is 17.0 Å². The smallest absolute Gasteiger partial charge is 0.289 e. The van der Waals surface area contributed by atoms with Crippen LogP contribution in [0.1, 0.15) is 25.3 Å². The van der Waals surface area contributed by atoms with E-state index in [1.54, 1.807) is 13.8 Å². The summed E-state index contributed by atoms with van der Waals surface area (Å²) in [6.45, 7) is 4.42. The largest absolute Gasteiger partial charge is 0.376 e. The zero-order valence-corrected chi connectivity index (χ0v) is 13.8. The van der Waals surface area contributed by atoms with Crippen LogP contribution in [0.3, 0.4) is 0 Å². The Labute approximate surface area is 139 Å². The molecule has 1 heterocycles. The number of halogens is 1. The molecule has 1 aliphatic rings. The number of aryl methyl sites for hydroxylation is 1. The van der Waals surface area contributed by atoms with E-state index >= 15 is 0 Å². The van der Waals surface area contributed by atoms with E-state index in [0.717, 1.165) is 19.4 Å². The van der Waals surface area contributed by atoms with Crippen LogP contribution in [0.4, 0.5) is 11.4 Å². The van der Waals surface area contributed by atoms with Gasteiger partial charge in [0.15, 0.2) is 0 Å². The number of benzene rings is 1. The monoisotopic (exact) mass is 342 g/mol. The number of nitro groups is 1. The minimum atomic E-state index is -0.687. The van der Waals surface area contributed by atoms with Gasteiger partial charge < -0.3 is 14.8 Å². The molecule has 1 aromatic rings. The molecule has 1 saturated heterocycles. The number of rotatable bonds is 6. The first kappa shape index (κ1) is 17.7. The summed E-state index contributed by atoms with van der Waals surface area (Å²) in [5.41, 5.74) is 0.736. The molecular formula is C15H19ClN2O5. The van der Waals surface area contributed by atoms with Crippen molar-refractivity contribution in [2.45, 2.75) is 38.9 Å². The van der Waals surface area contributed by atoms with E-state index in [1.807, 2.05) is 0 Å². The van der Waals surface area contributed by atoms with E-state index < -0.39 is 11.0 Å². The van der Waals surface area contributed by atoms with Gasteiger partial charge in [-0.25, -0.2) is 0 Å². The molecule has 0 aliphatic carbocycles. The SMILES string of the molecule is Cc1cc(Cl)c([N+](=O)[O-])cc1NC(=O)[C@@H](C)OC[C@H]1CCCO1. The van der Waals surface area contributed by atoms with Crippen molar-refractivity contribution in [1.82, 2.24) is 0 Å². The maximum Gasteiger partial charge on any atom is 0.289 e. The average Bonchev–Trinajstić information content (AvgIpc) is 3.00. The number of anilines is 1. The Hall–Kier alpha value is -1.70. The number of hydrogen-bond donors (Lipinski definition) is 1. The predicted molar refractivity (Wildman–Crippen MR) is 85.9 cm³/mol. The number of hydrogen-bond acceptors (Lipinski definition) is 5. The lowest BCUT2D eigenvalue weighted by atomic mass is 10.1. The molecule has 126 valence electrons. The number of amides is 1. The van der Waals surface area contributed by atoms with Crippen molar-refractivity contribution in [3.05, 3.63) is 32.8 Å². The molecule has 0 bridgehead atoms. The summed E-state index contributed by atoms with van der Waals surface area (Å²) in [5, 5.41) is 13.6. The third-order valence-electron chi connectivity index (χ3n) is 3.67. The third-order valence-corrected chi connectivity index (χ3v) is 3.98. The van der Waals surface area contributed by atoms with Crippen LogP contribution in [-0.2, 0) is 14.3 Å². The van der Waals surface area contributed by atoms with Gasteiger partial charge in [0.05, 0.1) is 23.3 Å². The second-order valence-electron chi connectivity index (χ2n) is 5.48. The maximum absolute atomic E-state index is 12.2. The van der Waals surface area contributed by atoms with Gasteiger partial charge in [-0.05, 0) is 38.3 Å². The molecule has 1 amide bonds.